The van der Waals surface area contributed by atoms with Gasteiger partial charge in [0.15, 0.2) is 34.9 Å². The fourth-order valence-corrected chi connectivity index (χ4v) is 6.21. The van der Waals surface area contributed by atoms with Crippen LogP contribution in [0, 0.1) is 0 Å². The molecular formula is C36H58N10O12S-2. The number of methoxy groups -OCH3 is 6. The molecule has 0 bridgehead atoms. The summed E-state index contributed by atoms with van der Waals surface area (Å²) in [6.45, 7) is 8.65. The Morgan fingerprint density at radius 2 is 0.864 bits per heavy atom. The van der Waals surface area contributed by atoms with E-state index < -0.39 is 10.4 Å². The van der Waals surface area contributed by atoms with Gasteiger partial charge in [-0.25, -0.2) is 0 Å². The van der Waals surface area contributed by atoms with Crippen LogP contribution in [0.15, 0.2) is 34.3 Å². The second-order valence-electron chi connectivity index (χ2n) is 12.8. The summed E-state index contributed by atoms with van der Waals surface area (Å²) in [5.74, 6) is 2.90. The standard InChI is InChI=1S/2C18H29N5O4.H2O4S/c2*1-25-14-11-13(12-15(26-2)16(14)27-3)17(24)23-7-4-6-22(9-10-23)8-5-21-18(19)20;1-5(2,3)4/h2*11-12H,4-10H2,1-3H3,(H4,19,20,21);(H2,1,2,3,4)/p-2. The molecule has 0 spiro atoms. The first-order valence-electron chi connectivity index (χ1n) is 18.4. The minimum absolute atomic E-state index is 0.0553. The maximum absolute atomic E-state index is 13.0. The van der Waals surface area contributed by atoms with E-state index in [1.165, 1.54) is 42.7 Å². The average molecular weight is 855 g/mol. The lowest BCUT2D eigenvalue weighted by atomic mass is 10.1. The van der Waals surface area contributed by atoms with E-state index in [-0.39, 0.29) is 23.7 Å². The van der Waals surface area contributed by atoms with Crippen molar-refractivity contribution < 1.29 is 55.5 Å². The molecule has 0 saturated carbocycles. The van der Waals surface area contributed by atoms with Crippen LogP contribution in [-0.2, 0) is 10.4 Å². The number of benzene rings is 2. The summed E-state index contributed by atoms with van der Waals surface area (Å²) in [6.07, 6.45) is 1.77. The highest BCUT2D eigenvalue weighted by Crippen LogP contribution is 2.39. The number of nitrogens with two attached hydrogens (primary N) is 4. The van der Waals surface area contributed by atoms with Crippen molar-refractivity contribution in [3.05, 3.63) is 35.4 Å². The average Bonchev–Trinajstić information content (AvgIpc) is 3.59. The molecule has 2 saturated heterocycles. The number of hydrogen-bond acceptors (Lipinski definition) is 16. The van der Waals surface area contributed by atoms with Crippen LogP contribution in [0.2, 0.25) is 0 Å². The third kappa shape index (κ3) is 17.1. The van der Waals surface area contributed by atoms with E-state index in [1.807, 2.05) is 9.80 Å². The largest absolute Gasteiger partial charge is 0.759 e. The van der Waals surface area contributed by atoms with Gasteiger partial charge in [-0.05, 0) is 50.2 Å². The van der Waals surface area contributed by atoms with Gasteiger partial charge in [0.25, 0.3) is 11.8 Å². The van der Waals surface area contributed by atoms with E-state index in [4.69, 9.17) is 68.9 Å². The molecule has 2 fully saturated rings. The Balaban J connectivity index is 0.000000365. The molecule has 23 heteroatoms. The number of ether oxygens (including phenoxy) is 6. The molecule has 0 aliphatic carbocycles. The van der Waals surface area contributed by atoms with Crippen LogP contribution >= 0.6 is 0 Å². The lowest BCUT2D eigenvalue weighted by molar-refractivity contribution is 0.0753. The van der Waals surface area contributed by atoms with E-state index in [0.29, 0.717) is 84.9 Å². The molecule has 59 heavy (non-hydrogen) atoms. The number of nitrogens with zero attached hydrogens (tertiary/aromatic N) is 6. The maximum atomic E-state index is 13.0. The molecule has 0 radical (unpaired) electrons. The first kappa shape index (κ1) is 49.7. The van der Waals surface area contributed by atoms with Crippen LogP contribution in [0.25, 0.3) is 0 Å². The van der Waals surface area contributed by atoms with Crippen LogP contribution in [0.5, 0.6) is 34.5 Å². The van der Waals surface area contributed by atoms with Crippen LogP contribution in [0.3, 0.4) is 0 Å². The minimum atomic E-state index is -5.17. The van der Waals surface area contributed by atoms with Gasteiger partial charge in [-0.3, -0.25) is 37.8 Å². The molecule has 0 unspecified atom stereocenters. The molecule has 2 aliphatic rings. The fraction of sp³-hybridized carbons (Fsp3) is 0.556. The van der Waals surface area contributed by atoms with Gasteiger partial charge in [0, 0.05) is 73.9 Å². The lowest BCUT2D eigenvalue weighted by Gasteiger charge is -2.22. The van der Waals surface area contributed by atoms with Gasteiger partial charge in [-0.2, -0.15) is 0 Å². The summed E-state index contributed by atoms with van der Waals surface area (Å²) < 4.78 is 66.1. The molecular weight excluding hydrogens is 797 g/mol. The number of carbonyl (C=O) groups is 2. The van der Waals surface area contributed by atoms with Crippen molar-refractivity contribution >= 4 is 34.1 Å². The summed E-state index contributed by atoms with van der Waals surface area (Å²) in [4.78, 5) is 42.2. The Hall–Kier alpha value is -5.49. The van der Waals surface area contributed by atoms with E-state index >= 15 is 0 Å². The Bertz CT molecular complexity index is 1650. The molecule has 4 rings (SSSR count). The highest BCUT2D eigenvalue weighted by atomic mass is 32.3. The molecule has 0 aromatic heterocycles. The van der Waals surface area contributed by atoms with Gasteiger partial charge in [0.1, 0.15) is 0 Å². The number of rotatable bonds is 14. The van der Waals surface area contributed by atoms with Gasteiger partial charge in [-0.1, -0.05) is 0 Å². The van der Waals surface area contributed by atoms with E-state index in [2.05, 4.69) is 19.8 Å². The Morgan fingerprint density at radius 1 is 0.559 bits per heavy atom. The summed E-state index contributed by atoms with van der Waals surface area (Å²) in [5, 5.41) is 0. The molecule has 332 valence electrons. The first-order chi connectivity index (χ1) is 28.0. The zero-order valence-corrected chi connectivity index (χ0v) is 35.3. The fourth-order valence-electron chi connectivity index (χ4n) is 6.21. The van der Waals surface area contributed by atoms with Crippen molar-refractivity contribution in [1.82, 2.24) is 19.6 Å². The SMILES string of the molecule is COc1cc(C(=O)N2CCCN(CCN=C(N)N)CC2)cc(OC)c1OC.COc1cc(C(=O)N2CCCN(CCN=C(N)N)CC2)cc(OC)c1OC.O=S(=O)([O-])[O-]. The molecule has 2 aliphatic heterocycles. The predicted molar refractivity (Wildman–Crippen MR) is 218 cm³/mol. The Kier molecular flexibility index (Phi) is 21.1. The van der Waals surface area contributed by atoms with Crippen molar-refractivity contribution in [2.24, 2.45) is 32.9 Å². The molecule has 22 nitrogen and oxygen atoms in total. The summed E-state index contributed by atoms with van der Waals surface area (Å²) in [7, 11) is 4.04. The maximum Gasteiger partial charge on any atom is 0.254 e. The number of guanidine groups is 2. The molecule has 0 atom stereocenters. The van der Waals surface area contributed by atoms with E-state index in [9.17, 15) is 9.59 Å². The van der Waals surface area contributed by atoms with Crippen molar-refractivity contribution in [3.63, 3.8) is 0 Å². The van der Waals surface area contributed by atoms with Gasteiger partial charge in [0.05, 0.1) is 55.7 Å². The first-order valence-corrected chi connectivity index (χ1v) is 19.7. The topological polar surface area (TPSA) is 312 Å². The lowest BCUT2D eigenvalue weighted by Crippen LogP contribution is -2.36. The van der Waals surface area contributed by atoms with Gasteiger partial charge in [0.2, 0.25) is 11.5 Å². The third-order valence-corrected chi connectivity index (χ3v) is 9.00. The smallest absolute Gasteiger partial charge is 0.254 e. The Morgan fingerprint density at radius 3 is 1.12 bits per heavy atom. The zero-order valence-electron chi connectivity index (χ0n) is 34.5. The molecule has 2 aromatic rings. The zero-order chi connectivity index (χ0) is 44.1. The van der Waals surface area contributed by atoms with Crippen LogP contribution in [-0.4, -0.2) is 182 Å². The van der Waals surface area contributed by atoms with Gasteiger partial charge < -0.3 is 70.3 Å². The van der Waals surface area contributed by atoms with E-state index in [0.717, 1.165) is 52.1 Å². The number of aliphatic imine (C=N–C) groups is 2. The molecule has 8 N–H and O–H groups in total. The van der Waals surface area contributed by atoms with Crippen LogP contribution < -0.4 is 51.4 Å². The highest BCUT2D eigenvalue weighted by molar-refractivity contribution is 7.79. The summed E-state index contributed by atoms with van der Waals surface area (Å²) in [5.41, 5.74) is 22.5. The van der Waals surface area contributed by atoms with Crippen molar-refractivity contribution in [2.45, 2.75) is 12.8 Å². The van der Waals surface area contributed by atoms with Gasteiger partial charge in [-0.15, -0.1) is 0 Å². The molecule has 2 amide bonds. The predicted octanol–water partition coefficient (Wildman–Crippen LogP) is -1.07. The van der Waals surface area contributed by atoms with Crippen molar-refractivity contribution in [3.8, 4) is 34.5 Å². The minimum Gasteiger partial charge on any atom is -0.759 e. The van der Waals surface area contributed by atoms with Crippen molar-refractivity contribution in [2.75, 3.05) is 121 Å². The molecule has 2 heterocycles. The van der Waals surface area contributed by atoms with Crippen LogP contribution in [0.4, 0.5) is 0 Å². The third-order valence-electron chi connectivity index (χ3n) is 9.00. The van der Waals surface area contributed by atoms with Crippen LogP contribution in [0.1, 0.15) is 33.6 Å². The Labute approximate surface area is 345 Å². The number of amides is 2. The number of carbonyl (C=O) groups excluding carboxylic acids is 2. The van der Waals surface area contributed by atoms with Gasteiger partial charge >= 0.3 is 0 Å². The second kappa shape index (κ2) is 25.1. The quantitative estimate of drug-likeness (QED) is 0.0761. The summed E-state index contributed by atoms with van der Waals surface area (Å²) >= 11 is 0. The highest BCUT2D eigenvalue weighted by Gasteiger charge is 2.25. The second-order valence-corrected chi connectivity index (χ2v) is 13.6. The van der Waals surface area contributed by atoms with E-state index in [1.54, 1.807) is 24.3 Å². The molecule has 2 aromatic carbocycles. The van der Waals surface area contributed by atoms with Crippen molar-refractivity contribution in [1.29, 1.82) is 0 Å². The summed E-state index contributed by atoms with van der Waals surface area (Å²) in [6, 6.07) is 6.74. The number of hydrogen-bond donors (Lipinski definition) is 4. The monoisotopic (exact) mass is 854 g/mol. The normalized spacial score (nSPS) is 14.7.